The van der Waals surface area contributed by atoms with Crippen LogP contribution >= 0.6 is 0 Å². The van der Waals surface area contributed by atoms with Crippen LogP contribution in [0.4, 0.5) is 0 Å². The third-order valence-electron chi connectivity index (χ3n) is 2.48. The van der Waals surface area contributed by atoms with Gasteiger partial charge in [-0.15, -0.1) is 0 Å². The van der Waals surface area contributed by atoms with E-state index in [1.165, 1.54) is 0 Å². The molecule has 0 aromatic carbocycles. The predicted octanol–water partition coefficient (Wildman–Crippen LogP) is 3.89. The highest BCUT2D eigenvalue weighted by atomic mass is 14.9. The first kappa shape index (κ1) is 12.2. The number of hydrogen-bond acceptors (Lipinski definition) is 1. The fraction of sp³-hybridized carbons (Fsp3) is 0.214. The first-order valence-corrected chi connectivity index (χ1v) is 5.47. The van der Waals surface area contributed by atoms with Crippen LogP contribution in [0.5, 0.6) is 0 Å². The van der Waals surface area contributed by atoms with E-state index < -0.39 is 0 Å². The molecule has 0 radical (unpaired) electrons. The standard InChI is InChI=1S/C12H12N2.C2H6/c1-4-9-10-8-13-7-6-12(10)14(3)11(9)5-2;1-2/h4-8H,1-2H2,3H3;1-2H3. The molecule has 0 aliphatic rings. The molecule has 0 spiro atoms. The van der Waals surface area contributed by atoms with E-state index in [9.17, 15) is 0 Å². The van der Waals surface area contributed by atoms with Crippen molar-refractivity contribution in [2.75, 3.05) is 0 Å². The van der Waals surface area contributed by atoms with Gasteiger partial charge in [-0.2, -0.15) is 0 Å². The van der Waals surface area contributed by atoms with Crippen LogP contribution in [0.3, 0.4) is 0 Å². The molecule has 2 aromatic rings. The third kappa shape index (κ3) is 1.78. The minimum absolute atomic E-state index is 1.09. The second kappa shape index (κ2) is 5.31. The summed E-state index contributed by atoms with van der Waals surface area (Å²) in [5.41, 5.74) is 3.35. The number of rotatable bonds is 2. The van der Waals surface area contributed by atoms with Gasteiger partial charge >= 0.3 is 0 Å². The zero-order valence-corrected chi connectivity index (χ0v) is 10.2. The average Bonchev–Trinajstić information content (AvgIpc) is 2.64. The average molecular weight is 214 g/mol. The number of fused-ring (bicyclic) bond motifs is 1. The molecule has 0 saturated carbocycles. The maximum Gasteiger partial charge on any atom is 0.0519 e. The molecule has 2 nitrogen and oxygen atoms in total. The van der Waals surface area contributed by atoms with E-state index in [1.807, 2.05) is 45.3 Å². The highest BCUT2D eigenvalue weighted by Gasteiger charge is 2.09. The summed E-state index contributed by atoms with van der Waals surface area (Å²) in [7, 11) is 2.02. The van der Waals surface area contributed by atoms with Crippen LogP contribution < -0.4 is 0 Å². The SMILES string of the molecule is C=Cc1c(C=C)n(C)c2ccncc12.CC. The van der Waals surface area contributed by atoms with E-state index in [0.29, 0.717) is 0 Å². The van der Waals surface area contributed by atoms with Crippen LogP contribution in [0.15, 0.2) is 31.6 Å². The van der Waals surface area contributed by atoms with E-state index in [-0.39, 0.29) is 0 Å². The van der Waals surface area contributed by atoms with E-state index in [0.717, 1.165) is 22.2 Å². The van der Waals surface area contributed by atoms with E-state index in [4.69, 9.17) is 0 Å². The Balaban J connectivity index is 0.000000606. The lowest BCUT2D eigenvalue weighted by Gasteiger charge is -1.98. The van der Waals surface area contributed by atoms with Crippen molar-refractivity contribution in [3.05, 3.63) is 42.9 Å². The molecule has 0 aliphatic heterocycles. The Hall–Kier alpha value is -1.83. The number of aryl methyl sites for hydroxylation is 1. The zero-order chi connectivity index (χ0) is 12.1. The van der Waals surface area contributed by atoms with Crippen molar-refractivity contribution in [1.29, 1.82) is 0 Å². The number of aromatic nitrogens is 2. The molecule has 16 heavy (non-hydrogen) atoms. The third-order valence-corrected chi connectivity index (χ3v) is 2.48. The monoisotopic (exact) mass is 214 g/mol. The van der Waals surface area contributed by atoms with Gasteiger partial charge in [0.25, 0.3) is 0 Å². The lowest BCUT2D eigenvalue weighted by atomic mass is 10.1. The topological polar surface area (TPSA) is 17.8 Å². The van der Waals surface area contributed by atoms with Gasteiger partial charge in [0.1, 0.15) is 0 Å². The van der Waals surface area contributed by atoms with Gasteiger partial charge in [0, 0.05) is 36.1 Å². The van der Waals surface area contributed by atoms with Crippen LogP contribution in [0.1, 0.15) is 25.1 Å². The number of nitrogens with zero attached hydrogens (tertiary/aromatic N) is 2. The summed E-state index contributed by atoms with van der Waals surface area (Å²) in [6.45, 7) is 11.6. The number of hydrogen-bond donors (Lipinski definition) is 0. The van der Waals surface area contributed by atoms with Crippen molar-refractivity contribution < 1.29 is 0 Å². The second-order valence-electron chi connectivity index (χ2n) is 3.16. The molecule has 0 aliphatic carbocycles. The summed E-state index contributed by atoms with van der Waals surface area (Å²) < 4.78 is 2.10. The molecule has 0 fully saturated rings. The fourth-order valence-corrected chi connectivity index (χ4v) is 1.80. The molecule has 2 heteroatoms. The van der Waals surface area contributed by atoms with E-state index in [2.05, 4.69) is 22.7 Å². The summed E-state index contributed by atoms with van der Waals surface area (Å²) in [6, 6.07) is 2.00. The normalized spacial score (nSPS) is 9.44. The van der Waals surface area contributed by atoms with Gasteiger partial charge in [0.05, 0.1) is 5.52 Å². The first-order valence-electron chi connectivity index (χ1n) is 5.47. The summed E-state index contributed by atoms with van der Waals surface area (Å²) in [5, 5.41) is 1.12. The maximum absolute atomic E-state index is 4.11. The van der Waals surface area contributed by atoms with E-state index in [1.54, 1.807) is 6.20 Å². The molecule has 2 rings (SSSR count). The first-order chi connectivity index (χ1) is 7.79. The summed E-state index contributed by atoms with van der Waals surface area (Å²) >= 11 is 0. The Bertz CT molecular complexity index is 507. The van der Waals surface area contributed by atoms with Crippen molar-refractivity contribution in [3.63, 3.8) is 0 Å². The second-order valence-corrected chi connectivity index (χ2v) is 3.16. The van der Waals surface area contributed by atoms with Crippen molar-refractivity contribution in [3.8, 4) is 0 Å². The Morgan fingerprint density at radius 1 is 1.25 bits per heavy atom. The number of pyridine rings is 1. The van der Waals surface area contributed by atoms with Gasteiger partial charge < -0.3 is 4.57 Å². The van der Waals surface area contributed by atoms with Crippen molar-refractivity contribution in [1.82, 2.24) is 9.55 Å². The molecule has 0 amide bonds. The Kier molecular flexibility index (Phi) is 4.06. The van der Waals surface area contributed by atoms with Gasteiger partial charge in [0.2, 0.25) is 0 Å². The van der Waals surface area contributed by atoms with E-state index >= 15 is 0 Å². The van der Waals surface area contributed by atoms with Crippen LogP contribution in [-0.2, 0) is 7.05 Å². The van der Waals surface area contributed by atoms with Gasteiger partial charge in [-0.3, -0.25) is 4.98 Å². The maximum atomic E-state index is 4.11. The van der Waals surface area contributed by atoms with Gasteiger partial charge in [0.15, 0.2) is 0 Å². The van der Waals surface area contributed by atoms with Crippen molar-refractivity contribution in [2.45, 2.75) is 13.8 Å². The van der Waals surface area contributed by atoms with Gasteiger partial charge in [-0.1, -0.05) is 33.1 Å². The van der Waals surface area contributed by atoms with Gasteiger partial charge in [-0.05, 0) is 12.1 Å². The molecule has 2 aromatic heterocycles. The fourth-order valence-electron chi connectivity index (χ4n) is 1.80. The van der Waals surface area contributed by atoms with Crippen LogP contribution in [0.2, 0.25) is 0 Å². The minimum Gasteiger partial charge on any atom is -0.344 e. The zero-order valence-electron chi connectivity index (χ0n) is 10.2. The quantitative estimate of drug-likeness (QED) is 0.741. The van der Waals surface area contributed by atoms with Crippen LogP contribution in [0, 0.1) is 0 Å². The molecule has 0 bridgehead atoms. The molecule has 84 valence electrons. The smallest absolute Gasteiger partial charge is 0.0519 e. The Morgan fingerprint density at radius 3 is 2.50 bits per heavy atom. The highest BCUT2D eigenvalue weighted by molar-refractivity contribution is 5.92. The van der Waals surface area contributed by atoms with Crippen molar-refractivity contribution in [2.24, 2.45) is 7.05 Å². The molecule has 0 N–H and O–H groups in total. The molecule has 0 atom stereocenters. The van der Waals surface area contributed by atoms with Crippen LogP contribution in [0.25, 0.3) is 23.1 Å². The largest absolute Gasteiger partial charge is 0.344 e. The van der Waals surface area contributed by atoms with Gasteiger partial charge in [-0.25, -0.2) is 0 Å². The Labute approximate surface area is 96.9 Å². The molecular formula is C14H18N2. The lowest BCUT2D eigenvalue weighted by Crippen LogP contribution is -1.90. The lowest BCUT2D eigenvalue weighted by molar-refractivity contribution is 0.953. The van der Waals surface area contributed by atoms with Crippen LogP contribution in [-0.4, -0.2) is 9.55 Å². The summed E-state index contributed by atoms with van der Waals surface area (Å²) in [6.07, 6.45) is 7.35. The molecule has 0 unspecified atom stereocenters. The summed E-state index contributed by atoms with van der Waals surface area (Å²) in [5.74, 6) is 0. The highest BCUT2D eigenvalue weighted by Crippen LogP contribution is 2.25. The predicted molar refractivity (Wildman–Crippen MR) is 72.2 cm³/mol. The minimum atomic E-state index is 1.09. The molecular weight excluding hydrogens is 196 g/mol. The van der Waals surface area contributed by atoms with Crippen molar-refractivity contribution >= 4 is 23.1 Å². The molecule has 0 saturated heterocycles. The Morgan fingerprint density at radius 2 is 1.94 bits per heavy atom. The molecule has 2 heterocycles. The summed E-state index contributed by atoms with van der Waals surface area (Å²) in [4.78, 5) is 4.11.